The van der Waals surface area contributed by atoms with Crippen molar-refractivity contribution in [2.45, 2.75) is 45.8 Å². The van der Waals surface area contributed by atoms with E-state index in [4.69, 9.17) is 9.47 Å². The van der Waals surface area contributed by atoms with E-state index in [1.165, 1.54) is 0 Å². The minimum atomic E-state index is -0.444. The van der Waals surface area contributed by atoms with Crippen LogP contribution in [0.4, 0.5) is 4.79 Å². The normalized spacial score (nSPS) is 18.9. The third-order valence-corrected chi connectivity index (χ3v) is 4.76. The van der Waals surface area contributed by atoms with Gasteiger partial charge < -0.3 is 14.4 Å². The zero-order chi connectivity index (χ0) is 18.4. The first-order valence-electron chi connectivity index (χ1n) is 8.85. The largest absolute Gasteiger partial charge is 0.492 e. The second kappa shape index (κ2) is 8.90. The van der Waals surface area contributed by atoms with Crippen molar-refractivity contribution in [2.75, 3.05) is 32.8 Å². The van der Waals surface area contributed by atoms with Crippen LogP contribution in [-0.4, -0.2) is 60.3 Å². The Labute approximate surface area is 159 Å². The molecule has 1 aliphatic heterocycles. The van der Waals surface area contributed by atoms with E-state index >= 15 is 0 Å². The molecule has 1 saturated heterocycles. The fourth-order valence-electron chi connectivity index (χ4n) is 2.83. The summed E-state index contributed by atoms with van der Waals surface area (Å²) in [5.74, 6) is 0.880. The summed E-state index contributed by atoms with van der Waals surface area (Å²) in [6.45, 7) is 11.8. The summed E-state index contributed by atoms with van der Waals surface area (Å²) in [6, 6.07) is 8.21. The Morgan fingerprint density at radius 3 is 2.64 bits per heavy atom. The van der Waals surface area contributed by atoms with Gasteiger partial charge in [0.15, 0.2) is 0 Å². The molecule has 1 fully saturated rings. The highest BCUT2D eigenvalue weighted by Crippen LogP contribution is 2.24. The van der Waals surface area contributed by atoms with Gasteiger partial charge in [-0.15, -0.1) is 0 Å². The lowest BCUT2D eigenvalue weighted by molar-refractivity contribution is 0.00524. The SMILES string of the molecule is CC1CN(C(=O)OC(C)(C)C)CCN1CCCOc1ccccc1Br. The summed E-state index contributed by atoms with van der Waals surface area (Å²) in [5, 5.41) is 0. The monoisotopic (exact) mass is 412 g/mol. The van der Waals surface area contributed by atoms with Crippen molar-refractivity contribution >= 4 is 22.0 Å². The van der Waals surface area contributed by atoms with Crippen LogP contribution >= 0.6 is 15.9 Å². The maximum absolute atomic E-state index is 12.2. The molecule has 0 bridgehead atoms. The van der Waals surface area contributed by atoms with Gasteiger partial charge in [0.1, 0.15) is 11.4 Å². The van der Waals surface area contributed by atoms with Gasteiger partial charge in [0, 0.05) is 32.2 Å². The van der Waals surface area contributed by atoms with Crippen molar-refractivity contribution in [3.05, 3.63) is 28.7 Å². The Hall–Kier alpha value is -1.27. The molecule has 5 nitrogen and oxygen atoms in total. The number of nitrogens with zero attached hydrogens (tertiary/aromatic N) is 2. The smallest absolute Gasteiger partial charge is 0.410 e. The third kappa shape index (κ3) is 6.51. The molecule has 0 saturated carbocycles. The number of amides is 1. The zero-order valence-electron chi connectivity index (χ0n) is 15.6. The Morgan fingerprint density at radius 2 is 2.00 bits per heavy atom. The van der Waals surface area contributed by atoms with Crippen LogP contribution in [0.25, 0.3) is 0 Å². The lowest BCUT2D eigenvalue weighted by atomic mass is 10.2. The molecule has 1 heterocycles. The van der Waals surface area contributed by atoms with Gasteiger partial charge in [0.05, 0.1) is 11.1 Å². The molecule has 1 unspecified atom stereocenters. The molecular weight excluding hydrogens is 384 g/mol. The van der Waals surface area contributed by atoms with Crippen LogP contribution in [0.3, 0.4) is 0 Å². The lowest BCUT2D eigenvalue weighted by Gasteiger charge is -2.40. The van der Waals surface area contributed by atoms with Crippen molar-refractivity contribution in [3.63, 3.8) is 0 Å². The van der Waals surface area contributed by atoms with Gasteiger partial charge in [-0.25, -0.2) is 4.79 Å². The van der Waals surface area contributed by atoms with Crippen LogP contribution in [0.5, 0.6) is 5.75 Å². The van der Waals surface area contributed by atoms with E-state index < -0.39 is 5.60 Å². The molecule has 1 atom stereocenters. The van der Waals surface area contributed by atoms with E-state index in [1.54, 1.807) is 0 Å². The number of hydrogen-bond acceptors (Lipinski definition) is 4. The molecular formula is C19H29BrN2O3. The fraction of sp³-hybridized carbons (Fsp3) is 0.632. The highest BCUT2D eigenvalue weighted by molar-refractivity contribution is 9.10. The molecule has 140 valence electrons. The van der Waals surface area contributed by atoms with Crippen molar-refractivity contribution < 1.29 is 14.3 Å². The topological polar surface area (TPSA) is 42.0 Å². The molecule has 1 aromatic carbocycles. The molecule has 0 aliphatic carbocycles. The predicted molar refractivity (Wildman–Crippen MR) is 103 cm³/mol. The minimum absolute atomic E-state index is 0.212. The molecule has 6 heteroatoms. The van der Waals surface area contributed by atoms with E-state index in [0.717, 1.165) is 29.7 Å². The van der Waals surface area contributed by atoms with Gasteiger partial charge in [0.2, 0.25) is 0 Å². The molecule has 0 aromatic heterocycles. The number of carbonyl (C=O) groups is 1. The van der Waals surface area contributed by atoms with E-state index in [-0.39, 0.29) is 6.09 Å². The summed E-state index contributed by atoms with van der Waals surface area (Å²) in [6.07, 6.45) is 0.745. The van der Waals surface area contributed by atoms with Crippen molar-refractivity contribution in [1.29, 1.82) is 0 Å². The summed E-state index contributed by atoms with van der Waals surface area (Å²) in [4.78, 5) is 16.4. The lowest BCUT2D eigenvalue weighted by Crippen LogP contribution is -2.54. The zero-order valence-corrected chi connectivity index (χ0v) is 17.2. The van der Waals surface area contributed by atoms with E-state index in [0.29, 0.717) is 25.7 Å². The van der Waals surface area contributed by atoms with Crippen molar-refractivity contribution in [1.82, 2.24) is 9.80 Å². The second-order valence-corrected chi connectivity index (χ2v) is 8.30. The molecule has 1 aromatic rings. The summed E-state index contributed by atoms with van der Waals surface area (Å²) in [5.41, 5.74) is -0.444. The molecule has 0 radical (unpaired) electrons. The molecule has 25 heavy (non-hydrogen) atoms. The maximum Gasteiger partial charge on any atom is 0.410 e. The van der Waals surface area contributed by atoms with Crippen LogP contribution in [0, 0.1) is 0 Å². The summed E-state index contributed by atoms with van der Waals surface area (Å²) in [7, 11) is 0. The number of carbonyl (C=O) groups excluding carboxylic acids is 1. The van der Waals surface area contributed by atoms with Crippen LogP contribution in [0.1, 0.15) is 34.1 Å². The molecule has 1 aliphatic rings. The van der Waals surface area contributed by atoms with Gasteiger partial charge in [-0.3, -0.25) is 4.90 Å². The standard InChI is InChI=1S/C19H29BrN2O3/c1-15-14-22(18(23)25-19(2,3)4)12-11-21(15)10-7-13-24-17-9-6-5-8-16(17)20/h5-6,8-9,15H,7,10-14H2,1-4H3. The van der Waals surface area contributed by atoms with Gasteiger partial charge >= 0.3 is 6.09 Å². The first kappa shape index (κ1) is 20.0. The minimum Gasteiger partial charge on any atom is -0.492 e. The van der Waals surface area contributed by atoms with Crippen LogP contribution in [-0.2, 0) is 4.74 Å². The number of rotatable bonds is 5. The third-order valence-electron chi connectivity index (χ3n) is 4.10. The highest BCUT2D eigenvalue weighted by Gasteiger charge is 2.29. The average molecular weight is 413 g/mol. The first-order chi connectivity index (χ1) is 11.8. The van der Waals surface area contributed by atoms with E-state index in [9.17, 15) is 4.79 Å². The van der Waals surface area contributed by atoms with Gasteiger partial charge in [-0.05, 0) is 62.2 Å². The predicted octanol–water partition coefficient (Wildman–Crippen LogP) is 4.16. The van der Waals surface area contributed by atoms with Crippen LogP contribution in [0.2, 0.25) is 0 Å². The highest BCUT2D eigenvalue weighted by atomic mass is 79.9. The molecule has 0 spiro atoms. The summed E-state index contributed by atoms with van der Waals surface area (Å²) >= 11 is 3.49. The number of hydrogen-bond donors (Lipinski definition) is 0. The number of piperazine rings is 1. The molecule has 1 amide bonds. The van der Waals surface area contributed by atoms with E-state index in [1.807, 2.05) is 49.9 Å². The van der Waals surface area contributed by atoms with Crippen LogP contribution in [0.15, 0.2) is 28.7 Å². The molecule has 2 rings (SSSR count). The number of para-hydroxylation sites is 1. The summed E-state index contributed by atoms with van der Waals surface area (Å²) < 4.78 is 12.3. The average Bonchev–Trinajstić information content (AvgIpc) is 2.52. The quantitative estimate of drug-likeness (QED) is 0.680. The molecule has 0 N–H and O–H groups in total. The number of ether oxygens (including phenoxy) is 2. The Bertz CT molecular complexity index is 574. The van der Waals surface area contributed by atoms with Gasteiger partial charge in [-0.1, -0.05) is 12.1 Å². The van der Waals surface area contributed by atoms with Crippen molar-refractivity contribution in [3.8, 4) is 5.75 Å². The van der Waals surface area contributed by atoms with E-state index in [2.05, 4.69) is 27.8 Å². The van der Waals surface area contributed by atoms with Crippen LogP contribution < -0.4 is 4.74 Å². The van der Waals surface area contributed by atoms with Crippen molar-refractivity contribution in [2.24, 2.45) is 0 Å². The number of benzene rings is 1. The fourth-order valence-corrected chi connectivity index (χ4v) is 3.23. The van der Waals surface area contributed by atoms with Gasteiger partial charge in [-0.2, -0.15) is 0 Å². The first-order valence-corrected chi connectivity index (χ1v) is 9.65. The second-order valence-electron chi connectivity index (χ2n) is 7.44. The maximum atomic E-state index is 12.2. The Balaban J connectivity index is 1.71. The number of halogens is 1. The Morgan fingerprint density at radius 1 is 1.28 bits per heavy atom. The van der Waals surface area contributed by atoms with Gasteiger partial charge in [0.25, 0.3) is 0 Å². The Kier molecular flexibility index (Phi) is 7.14.